The van der Waals surface area contributed by atoms with E-state index >= 15 is 0 Å². The van der Waals surface area contributed by atoms with Crippen molar-refractivity contribution < 1.29 is 4.79 Å². The molecule has 2 aromatic carbocycles. The molecule has 2 N–H and O–H groups in total. The van der Waals surface area contributed by atoms with Crippen LogP contribution >= 0.6 is 0 Å². The van der Waals surface area contributed by atoms with Gasteiger partial charge in [-0.15, -0.1) is 0 Å². The van der Waals surface area contributed by atoms with Gasteiger partial charge in [0.2, 0.25) is 5.95 Å². The van der Waals surface area contributed by atoms with Crippen molar-refractivity contribution in [3.8, 4) is 0 Å². The summed E-state index contributed by atoms with van der Waals surface area (Å²) in [6.07, 6.45) is 3.06. The number of hydrogen-bond donors (Lipinski definition) is 2. The van der Waals surface area contributed by atoms with Gasteiger partial charge in [-0.1, -0.05) is 30.3 Å². The molecule has 0 saturated carbocycles. The number of nitrogens with one attached hydrogen (secondary N) is 2. The second kappa shape index (κ2) is 7.35. The number of aryl methyl sites for hydroxylation is 4. The summed E-state index contributed by atoms with van der Waals surface area (Å²) in [4.78, 5) is 21.0. The average Bonchev–Trinajstić information content (AvgIpc) is 2.62. The quantitative estimate of drug-likeness (QED) is 0.718. The molecule has 3 rings (SSSR count). The Labute approximate surface area is 153 Å². The molecule has 3 aromatic rings. The Hall–Kier alpha value is -3.21. The normalized spacial score (nSPS) is 10.5. The van der Waals surface area contributed by atoms with Crippen LogP contribution < -0.4 is 10.6 Å². The van der Waals surface area contributed by atoms with Gasteiger partial charge in [0.05, 0.1) is 5.56 Å². The summed E-state index contributed by atoms with van der Waals surface area (Å²) in [5, 5.41) is 6.13. The predicted molar refractivity (Wildman–Crippen MR) is 105 cm³/mol. The number of rotatable bonds is 4. The Morgan fingerprint density at radius 1 is 0.885 bits per heavy atom. The van der Waals surface area contributed by atoms with Crippen LogP contribution in [0, 0.1) is 27.7 Å². The molecule has 1 heterocycles. The fraction of sp³-hybridized carbons (Fsp3) is 0.190. The number of benzene rings is 2. The van der Waals surface area contributed by atoms with Gasteiger partial charge in [-0.05, 0) is 56.0 Å². The second-order valence-corrected chi connectivity index (χ2v) is 6.46. The highest BCUT2D eigenvalue weighted by molar-refractivity contribution is 6.04. The van der Waals surface area contributed by atoms with Crippen LogP contribution in [-0.4, -0.2) is 15.9 Å². The summed E-state index contributed by atoms with van der Waals surface area (Å²) < 4.78 is 0. The zero-order valence-corrected chi connectivity index (χ0v) is 15.4. The minimum absolute atomic E-state index is 0.222. The molecular formula is C21H22N4O. The zero-order valence-electron chi connectivity index (χ0n) is 15.4. The van der Waals surface area contributed by atoms with Crippen LogP contribution in [0.1, 0.15) is 32.6 Å². The number of carbonyl (C=O) groups is 1. The lowest BCUT2D eigenvalue weighted by atomic mass is 10.1. The molecule has 0 atom stereocenters. The number of aromatic nitrogens is 2. The molecule has 1 amide bonds. The van der Waals surface area contributed by atoms with Crippen molar-refractivity contribution in [3.63, 3.8) is 0 Å². The minimum atomic E-state index is -0.222. The molecule has 0 fully saturated rings. The second-order valence-electron chi connectivity index (χ2n) is 6.46. The molecule has 0 saturated heterocycles. The highest BCUT2D eigenvalue weighted by Crippen LogP contribution is 2.21. The SMILES string of the molecule is Cc1ccc(C)c(Nc2ncc(C(=O)Nc3c(C)cccc3C)cn2)c1. The largest absolute Gasteiger partial charge is 0.324 e. The Kier molecular flexibility index (Phi) is 4.98. The van der Waals surface area contributed by atoms with E-state index in [-0.39, 0.29) is 5.91 Å². The molecule has 5 heteroatoms. The topological polar surface area (TPSA) is 66.9 Å². The van der Waals surface area contributed by atoms with Crippen molar-refractivity contribution in [1.82, 2.24) is 9.97 Å². The molecule has 0 aliphatic rings. The maximum absolute atomic E-state index is 12.5. The first-order valence-electron chi connectivity index (χ1n) is 8.48. The molecule has 0 radical (unpaired) electrons. The number of anilines is 3. The summed E-state index contributed by atoms with van der Waals surface area (Å²) in [7, 11) is 0. The van der Waals surface area contributed by atoms with Gasteiger partial charge in [0, 0.05) is 23.8 Å². The molecular weight excluding hydrogens is 324 g/mol. The highest BCUT2D eigenvalue weighted by atomic mass is 16.1. The Morgan fingerprint density at radius 2 is 1.54 bits per heavy atom. The predicted octanol–water partition coefficient (Wildman–Crippen LogP) is 4.71. The van der Waals surface area contributed by atoms with E-state index in [2.05, 4.69) is 26.7 Å². The maximum atomic E-state index is 12.5. The third-order valence-electron chi connectivity index (χ3n) is 4.27. The summed E-state index contributed by atoms with van der Waals surface area (Å²) in [5.41, 5.74) is 6.51. The number of amides is 1. The van der Waals surface area contributed by atoms with Gasteiger partial charge in [0.25, 0.3) is 5.91 Å². The molecule has 0 bridgehead atoms. The Balaban J connectivity index is 1.75. The smallest absolute Gasteiger partial charge is 0.258 e. The van der Waals surface area contributed by atoms with E-state index in [1.165, 1.54) is 12.4 Å². The van der Waals surface area contributed by atoms with Crippen molar-refractivity contribution in [2.24, 2.45) is 0 Å². The lowest BCUT2D eigenvalue weighted by Gasteiger charge is -2.12. The monoisotopic (exact) mass is 346 g/mol. The van der Waals surface area contributed by atoms with Gasteiger partial charge in [0.1, 0.15) is 0 Å². The molecule has 0 spiro atoms. The van der Waals surface area contributed by atoms with E-state index in [1.54, 1.807) is 0 Å². The third-order valence-corrected chi connectivity index (χ3v) is 4.27. The Bertz CT molecular complexity index is 928. The summed E-state index contributed by atoms with van der Waals surface area (Å²) >= 11 is 0. The molecule has 5 nitrogen and oxygen atoms in total. The van der Waals surface area contributed by atoms with Crippen LogP contribution in [0.2, 0.25) is 0 Å². The molecule has 0 aliphatic carbocycles. The minimum Gasteiger partial charge on any atom is -0.324 e. The maximum Gasteiger partial charge on any atom is 0.258 e. The van der Waals surface area contributed by atoms with Crippen molar-refractivity contribution >= 4 is 23.2 Å². The average molecular weight is 346 g/mol. The number of hydrogen-bond acceptors (Lipinski definition) is 4. The summed E-state index contributed by atoms with van der Waals surface area (Å²) in [5.74, 6) is 0.239. The van der Waals surface area contributed by atoms with Gasteiger partial charge >= 0.3 is 0 Å². The van der Waals surface area contributed by atoms with Gasteiger partial charge in [-0.25, -0.2) is 9.97 Å². The fourth-order valence-electron chi connectivity index (χ4n) is 2.70. The number of para-hydroxylation sites is 1. The van der Waals surface area contributed by atoms with Crippen LogP contribution in [0.15, 0.2) is 48.8 Å². The fourth-order valence-corrected chi connectivity index (χ4v) is 2.70. The summed E-state index contributed by atoms with van der Waals surface area (Å²) in [6, 6.07) is 12.1. The van der Waals surface area contributed by atoms with Crippen LogP contribution in [0.25, 0.3) is 0 Å². The molecule has 26 heavy (non-hydrogen) atoms. The van der Waals surface area contributed by atoms with Crippen molar-refractivity contribution in [2.45, 2.75) is 27.7 Å². The third kappa shape index (κ3) is 3.88. The van der Waals surface area contributed by atoms with Crippen LogP contribution in [-0.2, 0) is 0 Å². The number of carbonyl (C=O) groups excluding carboxylic acids is 1. The highest BCUT2D eigenvalue weighted by Gasteiger charge is 2.11. The van der Waals surface area contributed by atoms with E-state index in [0.717, 1.165) is 33.6 Å². The van der Waals surface area contributed by atoms with E-state index in [4.69, 9.17) is 0 Å². The van der Waals surface area contributed by atoms with Crippen molar-refractivity contribution in [2.75, 3.05) is 10.6 Å². The van der Waals surface area contributed by atoms with E-state index in [9.17, 15) is 4.79 Å². The van der Waals surface area contributed by atoms with Gasteiger partial charge in [0.15, 0.2) is 0 Å². The Morgan fingerprint density at radius 3 is 2.19 bits per heavy atom. The van der Waals surface area contributed by atoms with Crippen LogP contribution in [0.3, 0.4) is 0 Å². The van der Waals surface area contributed by atoms with E-state index < -0.39 is 0 Å². The number of nitrogens with zero attached hydrogens (tertiary/aromatic N) is 2. The van der Waals surface area contributed by atoms with Gasteiger partial charge in [-0.3, -0.25) is 4.79 Å². The molecule has 1 aromatic heterocycles. The molecule has 0 aliphatic heterocycles. The molecule has 132 valence electrons. The first kappa shape index (κ1) is 17.6. The van der Waals surface area contributed by atoms with E-state index in [0.29, 0.717) is 11.5 Å². The van der Waals surface area contributed by atoms with Gasteiger partial charge < -0.3 is 10.6 Å². The summed E-state index contributed by atoms with van der Waals surface area (Å²) in [6.45, 7) is 7.99. The van der Waals surface area contributed by atoms with Crippen molar-refractivity contribution in [1.29, 1.82) is 0 Å². The first-order valence-corrected chi connectivity index (χ1v) is 8.48. The lowest BCUT2D eigenvalue weighted by molar-refractivity contribution is 0.102. The van der Waals surface area contributed by atoms with Gasteiger partial charge in [-0.2, -0.15) is 0 Å². The first-order chi connectivity index (χ1) is 12.4. The zero-order chi connectivity index (χ0) is 18.7. The molecule has 0 unspecified atom stereocenters. The van der Waals surface area contributed by atoms with Crippen molar-refractivity contribution in [3.05, 3.63) is 76.6 Å². The standard InChI is InChI=1S/C21H22N4O/c1-13-8-9-14(2)18(10-13)24-21-22-11-17(12-23-21)20(26)25-19-15(3)6-5-7-16(19)4/h5-12H,1-4H3,(H,25,26)(H,22,23,24). The lowest BCUT2D eigenvalue weighted by Crippen LogP contribution is -2.14. The van der Waals surface area contributed by atoms with Crippen LogP contribution in [0.5, 0.6) is 0 Å². The van der Waals surface area contributed by atoms with E-state index in [1.807, 2.05) is 58.0 Å². The van der Waals surface area contributed by atoms with Crippen LogP contribution in [0.4, 0.5) is 17.3 Å².